The van der Waals surface area contributed by atoms with Crippen LogP contribution >= 0.6 is 22.9 Å². The van der Waals surface area contributed by atoms with Crippen molar-refractivity contribution in [2.24, 2.45) is 7.05 Å². The number of aryl methyl sites for hydroxylation is 1. The second-order valence-electron chi connectivity index (χ2n) is 4.10. The number of sulfonamides is 1. The molecule has 0 radical (unpaired) electrons. The lowest BCUT2D eigenvalue weighted by molar-refractivity contribution is 0.0607. The van der Waals surface area contributed by atoms with Crippen LogP contribution in [0.15, 0.2) is 16.5 Å². The molecule has 0 aliphatic rings. The van der Waals surface area contributed by atoms with Gasteiger partial charge in [-0.3, -0.25) is 9.40 Å². The zero-order chi connectivity index (χ0) is 15.8. The molecule has 0 atom stereocenters. The average Bonchev–Trinajstić information content (AvgIpc) is 2.94. The Kier molecular flexibility index (Phi) is 4.26. The van der Waals surface area contributed by atoms with Gasteiger partial charge in [-0.05, 0) is 6.92 Å². The second-order valence-corrected chi connectivity index (χ2v) is 7.04. The Hall–Kier alpha value is -1.58. The highest BCUT2D eigenvalue weighted by molar-refractivity contribution is 7.92. The predicted octanol–water partition coefficient (Wildman–Crippen LogP) is 2.03. The summed E-state index contributed by atoms with van der Waals surface area (Å²) in [5.74, 6) is -0.660. The van der Waals surface area contributed by atoms with Gasteiger partial charge in [-0.2, -0.15) is 5.10 Å². The molecule has 0 aliphatic carbocycles. The minimum atomic E-state index is -3.90. The van der Waals surface area contributed by atoms with Gasteiger partial charge in [-0.25, -0.2) is 13.2 Å². The fourth-order valence-electron chi connectivity index (χ4n) is 1.61. The molecular formula is C11H12ClN3O4S2. The largest absolute Gasteiger partial charge is 0.465 e. The number of methoxy groups -OCH3 is 1. The van der Waals surface area contributed by atoms with Gasteiger partial charge in [0.25, 0.3) is 10.0 Å². The first-order valence-corrected chi connectivity index (χ1v) is 8.38. The summed E-state index contributed by atoms with van der Waals surface area (Å²) in [7, 11) is -1.06. The average molecular weight is 350 g/mol. The van der Waals surface area contributed by atoms with E-state index in [1.54, 1.807) is 14.0 Å². The second kappa shape index (κ2) is 5.66. The predicted molar refractivity (Wildman–Crippen MR) is 79.4 cm³/mol. The highest BCUT2D eigenvalue weighted by Crippen LogP contribution is 2.34. The SMILES string of the molecule is COC(=O)c1scc(Cl)c1NS(=O)(=O)c1cnn(C)c1C. The van der Waals surface area contributed by atoms with Crippen LogP contribution in [0.3, 0.4) is 0 Å². The molecule has 2 rings (SSSR count). The summed E-state index contributed by atoms with van der Waals surface area (Å²) in [6, 6.07) is 0. The van der Waals surface area contributed by atoms with Gasteiger partial charge in [0, 0.05) is 12.4 Å². The minimum Gasteiger partial charge on any atom is -0.465 e. The van der Waals surface area contributed by atoms with Gasteiger partial charge < -0.3 is 4.74 Å². The van der Waals surface area contributed by atoms with E-state index in [0.29, 0.717) is 5.69 Å². The van der Waals surface area contributed by atoms with Crippen LogP contribution in [0.5, 0.6) is 0 Å². The number of esters is 1. The van der Waals surface area contributed by atoms with E-state index in [0.717, 1.165) is 11.3 Å². The Bertz CT molecular complexity index is 794. The summed E-state index contributed by atoms with van der Waals surface area (Å²) in [6.45, 7) is 1.62. The number of hydrogen-bond acceptors (Lipinski definition) is 6. The zero-order valence-corrected chi connectivity index (χ0v) is 13.8. The molecule has 10 heteroatoms. The molecule has 0 unspecified atom stereocenters. The van der Waals surface area contributed by atoms with Gasteiger partial charge in [-0.1, -0.05) is 11.6 Å². The molecule has 0 bridgehead atoms. The van der Waals surface area contributed by atoms with E-state index in [1.165, 1.54) is 23.4 Å². The van der Waals surface area contributed by atoms with E-state index in [1.807, 2.05) is 0 Å². The lowest BCUT2D eigenvalue weighted by Gasteiger charge is -2.08. The number of nitrogens with zero attached hydrogens (tertiary/aromatic N) is 2. The van der Waals surface area contributed by atoms with Crippen LogP contribution < -0.4 is 4.72 Å². The lowest BCUT2D eigenvalue weighted by atomic mass is 10.4. The van der Waals surface area contributed by atoms with Crippen LogP contribution in [0.25, 0.3) is 0 Å². The van der Waals surface area contributed by atoms with Crippen molar-refractivity contribution in [1.29, 1.82) is 0 Å². The van der Waals surface area contributed by atoms with E-state index in [4.69, 9.17) is 11.6 Å². The highest BCUT2D eigenvalue weighted by Gasteiger charge is 2.26. The van der Waals surface area contributed by atoms with Crippen LogP contribution in [-0.2, 0) is 21.8 Å². The third kappa shape index (κ3) is 2.89. The Morgan fingerprint density at radius 1 is 1.52 bits per heavy atom. The van der Waals surface area contributed by atoms with Gasteiger partial charge >= 0.3 is 5.97 Å². The maximum absolute atomic E-state index is 12.4. The first-order chi connectivity index (χ1) is 9.77. The molecule has 2 heterocycles. The number of halogens is 1. The van der Waals surface area contributed by atoms with E-state index in [-0.39, 0.29) is 20.5 Å². The van der Waals surface area contributed by atoms with Gasteiger partial charge in [0.2, 0.25) is 0 Å². The standard InChI is InChI=1S/C11H12ClN3O4S2/c1-6-8(4-13-15(6)2)21(17,18)14-9-7(12)5-20-10(9)11(16)19-3/h4-5,14H,1-3H3. The maximum atomic E-state index is 12.4. The molecule has 7 nitrogen and oxygen atoms in total. The molecule has 0 aromatic carbocycles. The number of hydrogen-bond donors (Lipinski definition) is 1. The number of rotatable bonds is 4. The number of carbonyl (C=O) groups is 1. The molecular weight excluding hydrogens is 338 g/mol. The first-order valence-electron chi connectivity index (χ1n) is 5.64. The Morgan fingerprint density at radius 2 is 2.19 bits per heavy atom. The van der Waals surface area contributed by atoms with Crippen LogP contribution in [0, 0.1) is 6.92 Å². The molecule has 21 heavy (non-hydrogen) atoms. The smallest absolute Gasteiger partial charge is 0.350 e. The van der Waals surface area contributed by atoms with Crippen LogP contribution in [0.4, 0.5) is 5.69 Å². The normalized spacial score (nSPS) is 11.4. The molecule has 2 aromatic rings. The van der Waals surface area contributed by atoms with Crippen molar-refractivity contribution in [3.63, 3.8) is 0 Å². The van der Waals surface area contributed by atoms with Gasteiger partial charge in [0.15, 0.2) is 0 Å². The summed E-state index contributed by atoms with van der Waals surface area (Å²) in [4.78, 5) is 11.7. The van der Waals surface area contributed by atoms with Gasteiger partial charge in [0.05, 0.1) is 29.7 Å². The topological polar surface area (TPSA) is 90.3 Å². The maximum Gasteiger partial charge on any atom is 0.350 e. The van der Waals surface area contributed by atoms with Crippen LogP contribution in [0.1, 0.15) is 15.4 Å². The molecule has 0 spiro atoms. The molecule has 2 aromatic heterocycles. The van der Waals surface area contributed by atoms with E-state index in [2.05, 4.69) is 14.6 Å². The van der Waals surface area contributed by atoms with Crippen molar-refractivity contribution in [1.82, 2.24) is 9.78 Å². The fourth-order valence-corrected chi connectivity index (χ4v) is 4.15. The van der Waals surface area contributed by atoms with Crippen molar-refractivity contribution in [2.45, 2.75) is 11.8 Å². The summed E-state index contributed by atoms with van der Waals surface area (Å²) in [6.07, 6.45) is 1.23. The monoisotopic (exact) mass is 349 g/mol. The van der Waals surface area contributed by atoms with E-state index < -0.39 is 16.0 Å². The van der Waals surface area contributed by atoms with Crippen molar-refractivity contribution in [3.05, 3.63) is 27.2 Å². The molecule has 1 N–H and O–H groups in total. The van der Waals surface area contributed by atoms with Crippen LogP contribution in [0.2, 0.25) is 5.02 Å². The van der Waals surface area contributed by atoms with Crippen molar-refractivity contribution in [2.75, 3.05) is 11.8 Å². The summed E-state index contributed by atoms with van der Waals surface area (Å²) in [5, 5.41) is 5.47. The van der Waals surface area contributed by atoms with Gasteiger partial charge in [0.1, 0.15) is 9.77 Å². The Morgan fingerprint density at radius 3 is 2.71 bits per heavy atom. The molecule has 0 amide bonds. The lowest BCUT2D eigenvalue weighted by Crippen LogP contribution is -2.16. The number of carbonyl (C=O) groups excluding carboxylic acids is 1. The first kappa shape index (κ1) is 15.8. The molecule has 0 aliphatic heterocycles. The van der Waals surface area contributed by atoms with Crippen LogP contribution in [-0.4, -0.2) is 31.3 Å². The van der Waals surface area contributed by atoms with Crippen molar-refractivity contribution < 1.29 is 17.9 Å². The summed E-state index contributed by atoms with van der Waals surface area (Å²) >= 11 is 6.94. The molecule has 0 fully saturated rings. The van der Waals surface area contributed by atoms with E-state index >= 15 is 0 Å². The minimum absolute atomic E-state index is 0.0109. The quantitative estimate of drug-likeness (QED) is 0.853. The third-order valence-electron chi connectivity index (χ3n) is 2.83. The number of anilines is 1. The number of nitrogens with one attached hydrogen (secondary N) is 1. The Labute approximate surface area is 130 Å². The highest BCUT2D eigenvalue weighted by atomic mass is 35.5. The van der Waals surface area contributed by atoms with E-state index in [9.17, 15) is 13.2 Å². The number of ether oxygens (including phenoxy) is 1. The third-order valence-corrected chi connectivity index (χ3v) is 5.67. The Balaban J connectivity index is 2.45. The number of thiophene rings is 1. The number of aromatic nitrogens is 2. The fraction of sp³-hybridized carbons (Fsp3) is 0.273. The molecule has 0 saturated carbocycles. The molecule has 114 valence electrons. The van der Waals surface area contributed by atoms with Crippen molar-refractivity contribution in [3.8, 4) is 0 Å². The summed E-state index contributed by atoms with van der Waals surface area (Å²) in [5.41, 5.74) is 0.477. The zero-order valence-electron chi connectivity index (χ0n) is 11.4. The van der Waals surface area contributed by atoms with Gasteiger partial charge in [-0.15, -0.1) is 11.3 Å². The summed E-state index contributed by atoms with van der Waals surface area (Å²) < 4.78 is 33.1. The van der Waals surface area contributed by atoms with Crippen molar-refractivity contribution >= 4 is 44.6 Å². The molecule has 0 saturated heterocycles.